The van der Waals surface area contributed by atoms with Gasteiger partial charge >= 0.3 is 0 Å². The maximum Gasteiger partial charge on any atom is 0.252 e. The van der Waals surface area contributed by atoms with Gasteiger partial charge < -0.3 is 4.90 Å². The van der Waals surface area contributed by atoms with Crippen molar-refractivity contribution in [3.63, 3.8) is 0 Å². The van der Waals surface area contributed by atoms with E-state index in [9.17, 15) is 13.2 Å². The van der Waals surface area contributed by atoms with E-state index in [-0.39, 0.29) is 35.1 Å². The molecular weight excluding hydrogens is 416 g/mol. The van der Waals surface area contributed by atoms with Crippen molar-refractivity contribution in [2.75, 3.05) is 11.5 Å². The highest BCUT2D eigenvalue weighted by Crippen LogP contribution is 2.39. The Labute approximate surface area is 173 Å². The molecule has 2 aromatic rings. The fraction of sp³-hybridized carbons (Fsp3) is 0.300. The van der Waals surface area contributed by atoms with Crippen LogP contribution in [0.25, 0.3) is 0 Å². The summed E-state index contributed by atoms with van der Waals surface area (Å²) in [5, 5.41) is 1.18. The molecule has 0 bridgehead atoms. The fourth-order valence-electron chi connectivity index (χ4n) is 3.52. The Morgan fingerprint density at radius 1 is 1.07 bits per heavy atom. The molecule has 2 aliphatic heterocycles. The first-order valence-electron chi connectivity index (χ1n) is 8.93. The predicted molar refractivity (Wildman–Crippen MR) is 113 cm³/mol. The lowest BCUT2D eigenvalue weighted by Gasteiger charge is -2.24. The van der Waals surface area contributed by atoms with Crippen molar-refractivity contribution < 1.29 is 13.2 Å². The lowest BCUT2D eigenvalue weighted by Crippen LogP contribution is -2.37. The van der Waals surface area contributed by atoms with Gasteiger partial charge in [-0.05, 0) is 23.3 Å². The SMILES string of the molecule is O=C(Cc1ccccc1)N=C1S[C@@H]2CS(=O)(=O)C[C@H]2N1Cc1ccc(Cl)cc1. The molecule has 0 aliphatic carbocycles. The predicted octanol–water partition coefficient (Wildman–Crippen LogP) is 3.18. The molecule has 5 nitrogen and oxygen atoms in total. The number of hydrogen-bond donors (Lipinski definition) is 0. The first-order valence-corrected chi connectivity index (χ1v) is 12.0. The van der Waals surface area contributed by atoms with Crippen LogP contribution in [0.15, 0.2) is 59.6 Å². The number of rotatable bonds is 4. The monoisotopic (exact) mass is 434 g/mol. The van der Waals surface area contributed by atoms with E-state index in [4.69, 9.17) is 11.6 Å². The van der Waals surface area contributed by atoms with Gasteiger partial charge in [-0.25, -0.2) is 8.42 Å². The maximum absolute atomic E-state index is 12.5. The summed E-state index contributed by atoms with van der Waals surface area (Å²) in [7, 11) is -3.06. The van der Waals surface area contributed by atoms with Gasteiger partial charge in [0.25, 0.3) is 5.91 Å². The molecule has 0 spiro atoms. The highest BCUT2D eigenvalue weighted by atomic mass is 35.5. The zero-order valence-corrected chi connectivity index (χ0v) is 17.4. The molecule has 28 heavy (non-hydrogen) atoms. The van der Waals surface area contributed by atoms with Crippen molar-refractivity contribution >= 4 is 44.3 Å². The van der Waals surface area contributed by atoms with Crippen LogP contribution in [0.1, 0.15) is 11.1 Å². The number of amides is 1. The quantitative estimate of drug-likeness (QED) is 0.739. The van der Waals surface area contributed by atoms with Crippen molar-refractivity contribution in [3.8, 4) is 0 Å². The number of nitrogens with zero attached hydrogens (tertiary/aromatic N) is 2. The Morgan fingerprint density at radius 3 is 2.50 bits per heavy atom. The highest BCUT2D eigenvalue weighted by Gasteiger charge is 2.48. The van der Waals surface area contributed by atoms with Gasteiger partial charge in [0, 0.05) is 16.8 Å². The molecule has 0 N–H and O–H groups in total. The summed E-state index contributed by atoms with van der Waals surface area (Å²) >= 11 is 7.37. The average Bonchev–Trinajstić information content (AvgIpc) is 3.10. The van der Waals surface area contributed by atoms with Crippen LogP contribution in [-0.4, -0.2) is 47.2 Å². The Bertz CT molecular complexity index is 1010. The van der Waals surface area contributed by atoms with E-state index < -0.39 is 9.84 Å². The Balaban J connectivity index is 1.57. The van der Waals surface area contributed by atoms with E-state index >= 15 is 0 Å². The summed E-state index contributed by atoms with van der Waals surface area (Å²) in [6, 6.07) is 16.8. The second kappa shape index (κ2) is 7.89. The number of sulfone groups is 1. The van der Waals surface area contributed by atoms with Crippen molar-refractivity contribution in [2.24, 2.45) is 4.99 Å². The van der Waals surface area contributed by atoms with Gasteiger partial charge in [0.15, 0.2) is 15.0 Å². The van der Waals surface area contributed by atoms with Crippen LogP contribution in [0.2, 0.25) is 5.02 Å². The molecule has 4 rings (SSSR count). The lowest BCUT2D eigenvalue weighted by atomic mass is 10.1. The van der Waals surface area contributed by atoms with Crippen LogP contribution in [-0.2, 0) is 27.6 Å². The average molecular weight is 435 g/mol. The van der Waals surface area contributed by atoms with Crippen LogP contribution in [0.5, 0.6) is 0 Å². The van der Waals surface area contributed by atoms with Crippen molar-refractivity contribution in [1.29, 1.82) is 0 Å². The number of benzene rings is 2. The fourth-order valence-corrected chi connectivity index (χ4v) is 7.62. The molecule has 0 saturated carbocycles. The lowest BCUT2D eigenvalue weighted by molar-refractivity contribution is -0.117. The van der Waals surface area contributed by atoms with E-state index in [2.05, 4.69) is 4.99 Å². The molecule has 2 fully saturated rings. The Hall–Kier alpha value is -1.83. The summed E-state index contributed by atoms with van der Waals surface area (Å²) in [5.41, 5.74) is 1.91. The molecule has 1 amide bonds. The molecule has 2 aliphatic rings. The summed E-state index contributed by atoms with van der Waals surface area (Å²) < 4.78 is 24.2. The van der Waals surface area contributed by atoms with Crippen LogP contribution in [0.3, 0.4) is 0 Å². The first kappa shape index (κ1) is 19.5. The largest absolute Gasteiger partial charge is 0.342 e. The third kappa shape index (κ3) is 4.42. The number of hydrogen-bond acceptors (Lipinski definition) is 4. The zero-order chi connectivity index (χ0) is 19.7. The standard InChI is InChI=1S/C20H19ClN2O3S2/c21-16-8-6-15(7-9-16)11-23-17-12-28(25,26)13-18(17)27-20(23)22-19(24)10-14-4-2-1-3-5-14/h1-9,17-18H,10-13H2/t17-,18-/m1/s1. The number of fused-ring (bicyclic) bond motifs is 1. The second-order valence-electron chi connectivity index (χ2n) is 7.01. The smallest absolute Gasteiger partial charge is 0.252 e. The number of carbonyl (C=O) groups excluding carboxylic acids is 1. The molecule has 0 unspecified atom stereocenters. The number of aliphatic imine (C=N–C) groups is 1. The molecular formula is C20H19ClN2O3S2. The number of thioether (sulfide) groups is 1. The summed E-state index contributed by atoms with van der Waals surface area (Å²) in [6.07, 6.45) is 0.229. The third-order valence-electron chi connectivity index (χ3n) is 4.86. The van der Waals surface area contributed by atoms with Gasteiger partial charge in [-0.3, -0.25) is 4.79 Å². The molecule has 0 aromatic heterocycles. The molecule has 2 saturated heterocycles. The van der Waals surface area contributed by atoms with Crippen molar-refractivity contribution in [2.45, 2.75) is 24.3 Å². The van der Waals surface area contributed by atoms with Crippen LogP contribution in [0.4, 0.5) is 0 Å². The number of carbonyl (C=O) groups is 1. The molecule has 2 heterocycles. The van der Waals surface area contributed by atoms with E-state index in [0.717, 1.165) is 11.1 Å². The molecule has 8 heteroatoms. The minimum atomic E-state index is -3.06. The van der Waals surface area contributed by atoms with Crippen LogP contribution < -0.4 is 0 Å². The topological polar surface area (TPSA) is 66.8 Å². The van der Waals surface area contributed by atoms with E-state index in [1.54, 1.807) is 12.1 Å². The summed E-state index contributed by atoms with van der Waals surface area (Å²) in [4.78, 5) is 18.8. The Morgan fingerprint density at radius 2 is 1.79 bits per heavy atom. The van der Waals surface area contributed by atoms with Gasteiger partial charge in [0.05, 0.1) is 24.0 Å². The Kier molecular flexibility index (Phi) is 5.49. The van der Waals surface area contributed by atoms with E-state index in [1.165, 1.54) is 11.8 Å². The zero-order valence-electron chi connectivity index (χ0n) is 15.0. The maximum atomic E-state index is 12.5. The molecule has 2 atom stereocenters. The van der Waals surface area contributed by atoms with Crippen LogP contribution in [0, 0.1) is 0 Å². The number of amidine groups is 1. The van der Waals surface area contributed by atoms with E-state index in [1.807, 2.05) is 47.4 Å². The summed E-state index contributed by atoms with van der Waals surface area (Å²) in [6.45, 7) is 0.498. The molecule has 0 radical (unpaired) electrons. The van der Waals surface area contributed by atoms with Crippen molar-refractivity contribution in [1.82, 2.24) is 4.90 Å². The van der Waals surface area contributed by atoms with E-state index in [0.29, 0.717) is 16.7 Å². The van der Waals surface area contributed by atoms with Gasteiger partial charge in [0.2, 0.25) is 0 Å². The van der Waals surface area contributed by atoms with Gasteiger partial charge in [0.1, 0.15) is 0 Å². The first-order chi connectivity index (χ1) is 13.4. The van der Waals surface area contributed by atoms with Gasteiger partial charge in [-0.1, -0.05) is 65.8 Å². The number of halogens is 1. The highest BCUT2D eigenvalue weighted by molar-refractivity contribution is 8.15. The molecule has 2 aromatic carbocycles. The van der Waals surface area contributed by atoms with Crippen LogP contribution >= 0.6 is 23.4 Å². The third-order valence-corrected chi connectivity index (χ3v) is 8.36. The second-order valence-corrected chi connectivity index (χ2v) is 10.8. The van der Waals surface area contributed by atoms with Gasteiger partial charge in [-0.2, -0.15) is 4.99 Å². The summed E-state index contributed by atoms with van der Waals surface area (Å²) in [5.74, 6) is 0.00724. The van der Waals surface area contributed by atoms with Crippen molar-refractivity contribution in [3.05, 3.63) is 70.7 Å². The minimum absolute atomic E-state index is 0.0828. The normalized spacial score (nSPS) is 24.5. The molecule has 146 valence electrons. The minimum Gasteiger partial charge on any atom is -0.342 e. The van der Waals surface area contributed by atoms with Gasteiger partial charge in [-0.15, -0.1) is 0 Å².